The van der Waals surface area contributed by atoms with Gasteiger partial charge in [-0.1, -0.05) is 0 Å². The molecule has 1 rings (SSSR count). The predicted molar refractivity (Wildman–Crippen MR) is 49.1 cm³/mol. The second kappa shape index (κ2) is 4.81. The van der Waals surface area contributed by atoms with E-state index in [-0.39, 0.29) is 24.0 Å². The van der Waals surface area contributed by atoms with Crippen LogP contribution >= 0.6 is 20.1 Å². The van der Waals surface area contributed by atoms with Crippen molar-refractivity contribution in [1.82, 2.24) is 0 Å². The first kappa shape index (κ1) is 11.0. The van der Waals surface area contributed by atoms with Crippen molar-refractivity contribution >= 4 is 30.3 Å². The Morgan fingerprint density at radius 3 is 1.78 bits per heavy atom. The monoisotopic (exact) mass is 414 g/mol. The topological polar surface area (TPSA) is 0 Å². The molecule has 3 heteroatoms. The molecule has 0 bridgehead atoms. The number of halogens is 2. The van der Waals surface area contributed by atoms with E-state index >= 15 is 0 Å². The van der Waals surface area contributed by atoms with Crippen LogP contribution in [0, 0.1) is 0 Å². The quantitative estimate of drug-likeness (QED) is 0.393. The second-order valence-corrected chi connectivity index (χ2v) is 22.1. The van der Waals surface area contributed by atoms with Crippen molar-refractivity contribution in [1.29, 1.82) is 0 Å². The van der Waals surface area contributed by atoms with Crippen LogP contribution < -0.4 is 24.0 Å². The molecule has 0 amide bonds. The van der Waals surface area contributed by atoms with Gasteiger partial charge in [0.25, 0.3) is 0 Å². The maximum Gasteiger partial charge on any atom is -1.00 e. The average molecular weight is 414 g/mol. The van der Waals surface area contributed by atoms with E-state index < -0.39 is 10.2 Å². The molecule has 9 heavy (non-hydrogen) atoms. The van der Waals surface area contributed by atoms with E-state index in [9.17, 15) is 0 Å². The first-order valence-electron chi connectivity index (χ1n) is 3.25. The van der Waals surface area contributed by atoms with Gasteiger partial charge in [0.15, 0.2) is 0 Å². The molecule has 0 spiro atoms. The third-order valence-corrected chi connectivity index (χ3v) is 12.0. The van der Waals surface area contributed by atoms with Crippen molar-refractivity contribution in [3.05, 3.63) is 0 Å². The molecule has 0 unspecified atom stereocenters. The maximum atomic E-state index is 2.76. The molecule has 1 aliphatic rings. The zero-order valence-corrected chi connectivity index (χ0v) is 11.9. The van der Waals surface area contributed by atoms with Crippen molar-refractivity contribution in [2.45, 2.75) is 35.4 Å². The molecule has 0 N–H and O–H groups in total. The fraction of sp³-hybridized carbons (Fsp3) is 1.00. The minimum atomic E-state index is -0.922. The Morgan fingerprint density at radius 2 is 1.56 bits per heavy atom. The van der Waals surface area contributed by atoms with E-state index in [0.29, 0.717) is 0 Å². The van der Waals surface area contributed by atoms with Gasteiger partial charge in [0.1, 0.15) is 0 Å². The van der Waals surface area contributed by atoms with E-state index in [1.807, 2.05) is 0 Å². The van der Waals surface area contributed by atoms with Crippen LogP contribution in [0.4, 0.5) is 0 Å². The Balaban J connectivity index is 0.000000640. The SMILES string of the molecule is C[As+]1(I)CCCCC1.[I-]. The van der Waals surface area contributed by atoms with E-state index in [2.05, 4.69) is 25.8 Å². The third kappa shape index (κ3) is 4.46. The Hall–Kier alpha value is 2.02. The van der Waals surface area contributed by atoms with Crippen LogP contribution in [0.3, 0.4) is 0 Å². The summed E-state index contributed by atoms with van der Waals surface area (Å²) in [5.41, 5.74) is 2.54. The molecule has 0 aromatic rings. The van der Waals surface area contributed by atoms with Gasteiger partial charge in [-0.2, -0.15) is 0 Å². The molecule has 1 fully saturated rings. The molecule has 0 atom stereocenters. The summed E-state index contributed by atoms with van der Waals surface area (Å²) in [5, 5.41) is 3.22. The van der Waals surface area contributed by atoms with Crippen LogP contribution in [0.2, 0.25) is 16.1 Å². The Morgan fingerprint density at radius 1 is 1.11 bits per heavy atom. The molecule has 0 saturated carbocycles. The summed E-state index contributed by atoms with van der Waals surface area (Å²) in [4.78, 5) is 0. The summed E-state index contributed by atoms with van der Waals surface area (Å²) in [6, 6.07) is 0. The number of hydrogen-bond acceptors (Lipinski definition) is 0. The summed E-state index contributed by atoms with van der Waals surface area (Å²) >= 11 is 2.76. The van der Waals surface area contributed by atoms with Crippen molar-refractivity contribution in [2.24, 2.45) is 0 Å². The van der Waals surface area contributed by atoms with Crippen molar-refractivity contribution in [3.8, 4) is 0 Å². The number of hydrogen-bond donors (Lipinski definition) is 0. The van der Waals surface area contributed by atoms with Gasteiger partial charge in [0, 0.05) is 0 Å². The molecule has 0 radical (unpaired) electrons. The Bertz CT molecular complexity index is 75.1. The zero-order valence-electron chi connectivity index (χ0n) is 5.74. The molecule has 0 aromatic heterocycles. The maximum absolute atomic E-state index is 2.76. The van der Waals surface area contributed by atoms with Gasteiger partial charge < -0.3 is 24.0 Å². The van der Waals surface area contributed by atoms with Gasteiger partial charge in [-0.15, -0.1) is 0 Å². The fourth-order valence-corrected chi connectivity index (χ4v) is 8.89. The smallest absolute Gasteiger partial charge is 1.00 e. The molecular formula is C6H13AsI2. The zero-order chi connectivity index (χ0) is 6.04. The minimum Gasteiger partial charge on any atom is -1.00 e. The van der Waals surface area contributed by atoms with Crippen LogP contribution in [0.15, 0.2) is 0 Å². The third-order valence-electron chi connectivity index (χ3n) is 1.75. The molecule has 56 valence electrons. The Kier molecular flexibility index (Phi) is 5.89. The van der Waals surface area contributed by atoms with E-state index in [1.165, 1.54) is 19.3 Å². The largest absolute Gasteiger partial charge is 1.00 e. The van der Waals surface area contributed by atoms with Gasteiger partial charge in [0.2, 0.25) is 0 Å². The van der Waals surface area contributed by atoms with Crippen LogP contribution in [-0.2, 0) is 0 Å². The summed E-state index contributed by atoms with van der Waals surface area (Å²) in [5.74, 6) is 0. The van der Waals surface area contributed by atoms with Gasteiger partial charge in [-0.05, 0) is 0 Å². The van der Waals surface area contributed by atoms with E-state index in [4.69, 9.17) is 0 Å². The molecule has 1 heterocycles. The molecular weight excluding hydrogens is 401 g/mol. The van der Waals surface area contributed by atoms with Gasteiger partial charge in [-0.3, -0.25) is 0 Å². The van der Waals surface area contributed by atoms with Gasteiger partial charge >= 0.3 is 65.7 Å². The van der Waals surface area contributed by atoms with Gasteiger partial charge in [0.05, 0.1) is 0 Å². The minimum absolute atomic E-state index is 0. The molecule has 1 aliphatic heterocycles. The summed E-state index contributed by atoms with van der Waals surface area (Å²) in [6.45, 7) is 0. The predicted octanol–water partition coefficient (Wildman–Crippen LogP) is 0.185. The second-order valence-electron chi connectivity index (χ2n) is 2.77. The molecule has 0 nitrogen and oxygen atoms in total. The van der Waals surface area contributed by atoms with Crippen molar-refractivity contribution in [3.63, 3.8) is 0 Å². The summed E-state index contributed by atoms with van der Waals surface area (Å²) in [6.07, 6.45) is 4.58. The molecule has 0 aromatic carbocycles. The molecule has 1 saturated heterocycles. The van der Waals surface area contributed by atoms with Crippen molar-refractivity contribution < 1.29 is 24.0 Å². The van der Waals surface area contributed by atoms with Crippen LogP contribution in [0.5, 0.6) is 0 Å². The van der Waals surface area contributed by atoms with Crippen LogP contribution in [0.1, 0.15) is 19.3 Å². The standard InChI is InChI=1S/C6H13AsI.HI/c1-7(8)5-3-2-4-6-7;/h2-6H2,1H3;1H/q+1;/p-1. The van der Waals surface area contributed by atoms with Gasteiger partial charge in [-0.25, -0.2) is 0 Å². The normalized spacial score (nSPS) is 24.7. The molecule has 0 aliphatic carbocycles. The fourth-order valence-electron chi connectivity index (χ4n) is 1.17. The first-order chi connectivity index (χ1) is 3.71. The van der Waals surface area contributed by atoms with Crippen LogP contribution in [0.25, 0.3) is 0 Å². The summed E-state index contributed by atoms with van der Waals surface area (Å²) in [7, 11) is -0.922. The van der Waals surface area contributed by atoms with E-state index in [0.717, 1.165) is 0 Å². The average Bonchev–Trinajstić information content (AvgIpc) is 1.65. The number of rotatable bonds is 0. The first-order valence-corrected chi connectivity index (χ1v) is 13.5. The van der Waals surface area contributed by atoms with Crippen molar-refractivity contribution in [2.75, 3.05) is 0 Å². The summed E-state index contributed by atoms with van der Waals surface area (Å²) < 4.78 is 0. The van der Waals surface area contributed by atoms with Crippen LogP contribution in [-0.4, -0.2) is 10.2 Å². The Labute approximate surface area is 88.5 Å². The van der Waals surface area contributed by atoms with E-state index in [1.54, 1.807) is 10.4 Å².